The molecule has 0 aliphatic carbocycles. The Bertz CT molecular complexity index is 1540. The molecule has 0 saturated carbocycles. The quantitative estimate of drug-likeness (QED) is 0.179. The van der Waals surface area contributed by atoms with Gasteiger partial charge in [0.2, 0.25) is 5.91 Å². The van der Waals surface area contributed by atoms with Gasteiger partial charge >= 0.3 is 5.97 Å². The average Bonchev–Trinajstić information content (AvgIpc) is 3.26. The van der Waals surface area contributed by atoms with E-state index in [0.717, 1.165) is 36.1 Å². The molecule has 200 valence electrons. The molecule has 5 rings (SSSR count). The van der Waals surface area contributed by atoms with Crippen LogP contribution in [0.3, 0.4) is 0 Å². The van der Waals surface area contributed by atoms with Crippen molar-refractivity contribution in [3.63, 3.8) is 0 Å². The van der Waals surface area contributed by atoms with E-state index in [1.807, 2.05) is 0 Å². The predicted molar refractivity (Wildman–Crippen MR) is 143 cm³/mol. The number of carbonyl (C=O) groups excluding carboxylic acids is 2. The van der Waals surface area contributed by atoms with E-state index in [0.29, 0.717) is 34.3 Å². The Hall–Kier alpha value is -3.24. The lowest BCUT2D eigenvalue weighted by atomic mass is 9.86. The van der Waals surface area contributed by atoms with Crippen LogP contribution < -0.4 is 10.9 Å². The summed E-state index contributed by atoms with van der Waals surface area (Å²) in [5, 5.41) is 14.8. The summed E-state index contributed by atoms with van der Waals surface area (Å²) in [6.45, 7) is 3.48. The molecule has 1 amide bonds. The molecule has 0 unspecified atom stereocenters. The molecular formula is C28H30FN3O5S. The van der Waals surface area contributed by atoms with E-state index in [4.69, 9.17) is 9.72 Å². The first kappa shape index (κ1) is 26.4. The standard InChI is InChI=1S/C28H30FN3O5S/c1-3-28(36)20-10-23-25-18(13-32(23)26(34)19(20)14-37-27(28)35)17(12-30-24(33)7-5-4-6-8-38)16-9-15(2)21(29)11-22(16)31-25/h9-11,36,38H,3-8,12-14H2,1-2H3,(H,30,33)/t28-/m0/s1. The van der Waals surface area contributed by atoms with E-state index < -0.39 is 17.4 Å². The Morgan fingerprint density at radius 2 is 2.03 bits per heavy atom. The first-order chi connectivity index (χ1) is 18.2. The average molecular weight is 540 g/mol. The predicted octanol–water partition coefficient (Wildman–Crippen LogP) is 3.63. The minimum absolute atomic E-state index is 0.0372. The molecule has 0 radical (unpaired) electrons. The lowest BCUT2D eigenvalue weighted by Gasteiger charge is -2.31. The highest BCUT2D eigenvalue weighted by Gasteiger charge is 2.45. The fraction of sp³-hybridized carbons (Fsp3) is 0.429. The number of hydrogen-bond acceptors (Lipinski definition) is 7. The molecule has 0 fully saturated rings. The van der Waals surface area contributed by atoms with Gasteiger partial charge in [-0.1, -0.05) is 13.3 Å². The zero-order valence-corrected chi connectivity index (χ0v) is 22.3. The van der Waals surface area contributed by atoms with Gasteiger partial charge in [-0.05, 0) is 55.2 Å². The SMILES string of the molecule is CC[C@@]1(O)C(=O)OCc2c1cc1n(c2=O)Cc2c-1nc1cc(F)c(C)cc1c2CNC(=O)CCCCCS. The number of benzene rings is 1. The molecule has 0 spiro atoms. The number of thiol groups is 1. The van der Waals surface area contributed by atoms with Crippen LogP contribution in [0.4, 0.5) is 4.39 Å². The number of aryl methyl sites for hydroxylation is 1. The van der Waals surface area contributed by atoms with Gasteiger partial charge in [-0.25, -0.2) is 14.2 Å². The van der Waals surface area contributed by atoms with Crippen LogP contribution in [-0.2, 0) is 39.6 Å². The number of unbranched alkanes of at least 4 members (excludes halogenated alkanes) is 2. The highest BCUT2D eigenvalue weighted by Crippen LogP contribution is 2.40. The highest BCUT2D eigenvalue weighted by atomic mass is 32.1. The summed E-state index contributed by atoms with van der Waals surface area (Å²) >= 11 is 4.20. The summed E-state index contributed by atoms with van der Waals surface area (Å²) < 4.78 is 21.3. The number of esters is 1. The number of fused-ring (bicyclic) bond motifs is 5. The second kappa shape index (κ2) is 10.1. The second-order valence-electron chi connectivity index (χ2n) is 9.95. The number of aromatic nitrogens is 2. The number of halogens is 1. The van der Waals surface area contributed by atoms with Crippen molar-refractivity contribution in [1.29, 1.82) is 0 Å². The fourth-order valence-corrected chi connectivity index (χ4v) is 5.57. The molecule has 0 bridgehead atoms. The van der Waals surface area contributed by atoms with Crippen molar-refractivity contribution in [1.82, 2.24) is 14.9 Å². The molecule has 2 aromatic heterocycles. The van der Waals surface area contributed by atoms with Crippen molar-refractivity contribution in [2.75, 3.05) is 5.75 Å². The van der Waals surface area contributed by atoms with Crippen LogP contribution in [0, 0.1) is 12.7 Å². The maximum absolute atomic E-state index is 14.6. The molecule has 1 aromatic carbocycles. The molecule has 2 N–H and O–H groups in total. The molecule has 4 heterocycles. The number of pyridine rings is 2. The summed E-state index contributed by atoms with van der Waals surface area (Å²) in [4.78, 5) is 43.3. The van der Waals surface area contributed by atoms with Crippen molar-refractivity contribution in [3.8, 4) is 11.4 Å². The Labute approximate surface area is 224 Å². The molecule has 8 nitrogen and oxygen atoms in total. The molecular weight excluding hydrogens is 509 g/mol. The molecule has 3 aromatic rings. The number of nitrogens with one attached hydrogen (secondary N) is 1. The maximum Gasteiger partial charge on any atom is 0.343 e. The van der Waals surface area contributed by atoms with E-state index in [-0.39, 0.29) is 48.7 Å². The molecule has 10 heteroatoms. The summed E-state index contributed by atoms with van der Waals surface area (Å²) in [7, 11) is 0. The first-order valence-electron chi connectivity index (χ1n) is 12.9. The van der Waals surface area contributed by atoms with Gasteiger partial charge in [-0.3, -0.25) is 9.59 Å². The number of hydrogen-bond donors (Lipinski definition) is 3. The van der Waals surface area contributed by atoms with Crippen molar-refractivity contribution in [2.45, 2.75) is 71.2 Å². The summed E-state index contributed by atoms with van der Waals surface area (Å²) in [5.74, 6) is -0.509. The van der Waals surface area contributed by atoms with Crippen molar-refractivity contribution >= 4 is 35.4 Å². The monoisotopic (exact) mass is 539 g/mol. The molecule has 0 saturated heterocycles. The van der Waals surface area contributed by atoms with Gasteiger partial charge in [-0.2, -0.15) is 12.6 Å². The van der Waals surface area contributed by atoms with Gasteiger partial charge in [0.25, 0.3) is 5.56 Å². The molecule has 2 aliphatic heterocycles. The molecule has 2 aliphatic rings. The van der Waals surface area contributed by atoms with Crippen LogP contribution in [0.2, 0.25) is 0 Å². The van der Waals surface area contributed by atoms with Crippen LogP contribution in [-0.4, -0.2) is 32.3 Å². The Kier molecular flexibility index (Phi) is 7.04. The largest absolute Gasteiger partial charge is 0.458 e. The van der Waals surface area contributed by atoms with E-state index in [1.54, 1.807) is 26.0 Å². The number of amides is 1. The van der Waals surface area contributed by atoms with Crippen molar-refractivity contribution in [2.24, 2.45) is 0 Å². The molecule has 1 atom stereocenters. The lowest BCUT2D eigenvalue weighted by molar-refractivity contribution is -0.172. The maximum atomic E-state index is 14.6. The number of cyclic esters (lactones) is 1. The number of rotatable bonds is 8. The zero-order valence-electron chi connectivity index (χ0n) is 21.4. The number of carbonyl (C=O) groups is 2. The van der Waals surface area contributed by atoms with Crippen LogP contribution in [0.1, 0.15) is 66.8 Å². The Morgan fingerprint density at radius 1 is 1.24 bits per heavy atom. The number of nitrogens with zero attached hydrogens (tertiary/aromatic N) is 2. The Morgan fingerprint density at radius 3 is 2.76 bits per heavy atom. The molecule has 38 heavy (non-hydrogen) atoms. The van der Waals surface area contributed by atoms with E-state index in [1.165, 1.54) is 10.6 Å². The number of aliphatic hydroxyl groups is 1. The first-order valence-corrected chi connectivity index (χ1v) is 13.5. The van der Waals surface area contributed by atoms with E-state index in [2.05, 4.69) is 17.9 Å². The zero-order chi connectivity index (χ0) is 27.2. The summed E-state index contributed by atoms with van der Waals surface area (Å²) in [5.41, 5.74) is 1.39. The van der Waals surface area contributed by atoms with Gasteiger partial charge < -0.3 is 19.7 Å². The van der Waals surface area contributed by atoms with Gasteiger partial charge in [0.15, 0.2) is 5.60 Å². The van der Waals surface area contributed by atoms with Gasteiger partial charge in [-0.15, -0.1) is 0 Å². The van der Waals surface area contributed by atoms with Gasteiger partial charge in [0.1, 0.15) is 12.4 Å². The normalized spacial score (nSPS) is 17.7. The lowest BCUT2D eigenvalue weighted by Crippen LogP contribution is -2.44. The van der Waals surface area contributed by atoms with Crippen molar-refractivity contribution in [3.05, 3.63) is 62.2 Å². The van der Waals surface area contributed by atoms with Crippen LogP contribution >= 0.6 is 12.6 Å². The summed E-state index contributed by atoms with van der Waals surface area (Å²) in [6.07, 6.45) is 3.06. The summed E-state index contributed by atoms with van der Waals surface area (Å²) in [6, 6.07) is 4.69. The van der Waals surface area contributed by atoms with Gasteiger partial charge in [0, 0.05) is 35.5 Å². The van der Waals surface area contributed by atoms with Crippen LogP contribution in [0.25, 0.3) is 22.3 Å². The van der Waals surface area contributed by atoms with Gasteiger partial charge in [0.05, 0.1) is 29.0 Å². The third-order valence-electron chi connectivity index (χ3n) is 7.61. The van der Waals surface area contributed by atoms with Crippen LogP contribution in [0.5, 0.6) is 0 Å². The van der Waals surface area contributed by atoms with Crippen molar-refractivity contribution < 1.29 is 23.8 Å². The van der Waals surface area contributed by atoms with E-state index >= 15 is 0 Å². The topological polar surface area (TPSA) is 111 Å². The van der Waals surface area contributed by atoms with Crippen LogP contribution in [0.15, 0.2) is 23.0 Å². The highest BCUT2D eigenvalue weighted by molar-refractivity contribution is 7.80. The Balaban J connectivity index is 1.62. The van der Waals surface area contributed by atoms with E-state index in [9.17, 15) is 23.9 Å². The third-order valence-corrected chi connectivity index (χ3v) is 7.93. The smallest absolute Gasteiger partial charge is 0.343 e. The third kappa shape index (κ3) is 4.29. The number of ether oxygens (including phenoxy) is 1. The second-order valence-corrected chi connectivity index (χ2v) is 10.4. The minimum Gasteiger partial charge on any atom is -0.458 e. The fourth-order valence-electron chi connectivity index (χ4n) is 5.34. The minimum atomic E-state index is -1.94.